The molecule has 0 spiro atoms. The lowest BCUT2D eigenvalue weighted by Gasteiger charge is -2.15. The van der Waals surface area contributed by atoms with Crippen molar-refractivity contribution in [1.29, 1.82) is 0 Å². The predicted molar refractivity (Wildman–Crippen MR) is 62.6 cm³/mol. The molecule has 0 aliphatic rings. The fourth-order valence-electron chi connectivity index (χ4n) is 1.13. The molecule has 0 fully saturated rings. The minimum absolute atomic E-state index is 0.310. The van der Waals surface area contributed by atoms with Gasteiger partial charge in [-0.15, -0.1) is 0 Å². The highest BCUT2D eigenvalue weighted by atomic mass is 35.5. The number of rotatable bonds is 4. The standard InChI is InChI=1S/C11H14ClNO3/c1-3-15-11(14)7(2)16-10-8(12)5-4-6-9(10)13/h4-7H,3,13H2,1-2H3. The van der Waals surface area contributed by atoms with Crippen LogP contribution in [0.25, 0.3) is 0 Å². The third-order valence-corrected chi connectivity index (χ3v) is 2.21. The van der Waals surface area contributed by atoms with Crippen molar-refractivity contribution in [2.24, 2.45) is 0 Å². The van der Waals surface area contributed by atoms with E-state index < -0.39 is 12.1 Å². The number of halogens is 1. The molecule has 0 radical (unpaired) electrons. The number of hydrogen-bond acceptors (Lipinski definition) is 4. The fourth-order valence-corrected chi connectivity index (χ4v) is 1.36. The molecular formula is C11H14ClNO3. The number of benzene rings is 1. The van der Waals surface area contributed by atoms with Crippen LogP contribution in [0.3, 0.4) is 0 Å². The van der Waals surface area contributed by atoms with Gasteiger partial charge in [-0.05, 0) is 26.0 Å². The van der Waals surface area contributed by atoms with E-state index in [0.29, 0.717) is 23.1 Å². The van der Waals surface area contributed by atoms with Crippen molar-refractivity contribution in [3.8, 4) is 5.75 Å². The monoisotopic (exact) mass is 243 g/mol. The zero-order chi connectivity index (χ0) is 12.1. The van der Waals surface area contributed by atoms with Crippen LogP contribution in [0, 0.1) is 0 Å². The van der Waals surface area contributed by atoms with Crippen molar-refractivity contribution in [3.05, 3.63) is 23.2 Å². The van der Waals surface area contributed by atoms with Crippen LogP contribution < -0.4 is 10.5 Å². The van der Waals surface area contributed by atoms with Crippen LogP contribution in [-0.2, 0) is 9.53 Å². The average Bonchev–Trinajstić information content (AvgIpc) is 2.23. The average molecular weight is 244 g/mol. The zero-order valence-electron chi connectivity index (χ0n) is 9.20. The van der Waals surface area contributed by atoms with E-state index in [1.165, 1.54) is 0 Å². The molecule has 88 valence electrons. The fraction of sp³-hybridized carbons (Fsp3) is 0.364. The summed E-state index contributed by atoms with van der Waals surface area (Å²) in [6, 6.07) is 5.00. The zero-order valence-corrected chi connectivity index (χ0v) is 9.95. The van der Waals surface area contributed by atoms with Crippen molar-refractivity contribution in [2.75, 3.05) is 12.3 Å². The summed E-state index contributed by atoms with van der Waals surface area (Å²) in [6.07, 6.45) is -0.734. The maximum atomic E-state index is 11.3. The van der Waals surface area contributed by atoms with E-state index >= 15 is 0 Å². The number of para-hydroxylation sites is 1. The van der Waals surface area contributed by atoms with E-state index in [2.05, 4.69) is 0 Å². The number of ether oxygens (including phenoxy) is 2. The van der Waals surface area contributed by atoms with Gasteiger partial charge in [-0.25, -0.2) is 4.79 Å². The van der Waals surface area contributed by atoms with E-state index in [4.69, 9.17) is 26.8 Å². The second-order valence-electron chi connectivity index (χ2n) is 3.17. The summed E-state index contributed by atoms with van der Waals surface area (Å²) in [5, 5.41) is 0.371. The predicted octanol–water partition coefficient (Wildman–Crippen LogP) is 2.25. The molecule has 2 N–H and O–H groups in total. The molecule has 5 heteroatoms. The molecule has 0 aliphatic heterocycles. The van der Waals surface area contributed by atoms with Crippen molar-refractivity contribution in [3.63, 3.8) is 0 Å². The first-order chi connectivity index (χ1) is 7.56. The normalized spacial score (nSPS) is 11.9. The van der Waals surface area contributed by atoms with Gasteiger partial charge in [-0.2, -0.15) is 0 Å². The van der Waals surface area contributed by atoms with Gasteiger partial charge in [0.1, 0.15) is 0 Å². The quantitative estimate of drug-likeness (QED) is 0.651. The van der Waals surface area contributed by atoms with Crippen molar-refractivity contribution in [2.45, 2.75) is 20.0 Å². The molecule has 1 atom stereocenters. The molecule has 1 unspecified atom stereocenters. The summed E-state index contributed by atoms with van der Waals surface area (Å²) < 4.78 is 10.2. The molecule has 0 bridgehead atoms. The van der Waals surface area contributed by atoms with Crippen molar-refractivity contribution < 1.29 is 14.3 Å². The minimum Gasteiger partial charge on any atom is -0.475 e. The number of nitrogen functional groups attached to an aromatic ring is 1. The van der Waals surface area contributed by atoms with Gasteiger partial charge in [0.2, 0.25) is 0 Å². The smallest absolute Gasteiger partial charge is 0.347 e. The van der Waals surface area contributed by atoms with Crippen LogP contribution in [-0.4, -0.2) is 18.7 Å². The molecule has 0 aliphatic carbocycles. The maximum absolute atomic E-state index is 11.3. The Hall–Kier alpha value is -1.42. The molecule has 0 amide bonds. The lowest BCUT2D eigenvalue weighted by atomic mass is 10.3. The summed E-state index contributed by atoms with van der Waals surface area (Å²) in [5.41, 5.74) is 6.07. The number of anilines is 1. The van der Waals surface area contributed by atoms with Gasteiger partial charge < -0.3 is 15.2 Å². The van der Waals surface area contributed by atoms with Gasteiger partial charge in [0.25, 0.3) is 0 Å². The number of hydrogen-bond donors (Lipinski definition) is 1. The molecule has 1 aromatic carbocycles. The molecule has 4 nitrogen and oxygen atoms in total. The summed E-state index contributed by atoms with van der Waals surface area (Å²) in [5.74, 6) is -0.133. The molecule has 0 saturated carbocycles. The maximum Gasteiger partial charge on any atom is 0.347 e. The van der Waals surface area contributed by atoms with Crippen LogP contribution in [0.15, 0.2) is 18.2 Å². The van der Waals surface area contributed by atoms with Crippen molar-refractivity contribution in [1.82, 2.24) is 0 Å². The Bertz CT molecular complexity index is 361. The summed E-state index contributed by atoms with van der Waals surface area (Å²) in [7, 11) is 0. The van der Waals surface area contributed by atoms with Crippen molar-refractivity contribution >= 4 is 23.3 Å². The third-order valence-electron chi connectivity index (χ3n) is 1.91. The summed E-state index contributed by atoms with van der Waals surface area (Å²) >= 11 is 5.90. The molecule has 16 heavy (non-hydrogen) atoms. The Morgan fingerprint density at radius 2 is 2.25 bits per heavy atom. The topological polar surface area (TPSA) is 61.5 Å². The Morgan fingerprint density at radius 3 is 2.81 bits per heavy atom. The Balaban J connectivity index is 2.76. The van der Waals surface area contributed by atoms with E-state index in [-0.39, 0.29) is 0 Å². The van der Waals surface area contributed by atoms with E-state index in [0.717, 1.165) is 0 Å². The number of carbonyl (C=O) groups excluding carboxylic acids is 1. The van der Waals surface area contributed by atoms with Gasteiger partial charge in [-0.3, -0.25) is 0 Å². The Morgan fingerprint density at radius 1 is 1.56 bits per heavy atom. The van der Waals surface area contributed by atoms with Gasteiger partial charge in [0, 0.05) is 0 Å². The highest BCUT2D eigenvalue weighted by Crippen LogP contribution is 2.31. The van der Waals surface area contributed by atoms with Gasteiger partial charge in [0.15, 0.2) is 11.9 Å². The van der Waals surface area contributed by atoms with E-state index in [1.54, 1.807) is 32.0 Å². The van der Waals surface area contributed by atoms with Gasteiger partial charge in [0.05, 0.1) is 17.3 Å². The highest BCUT2D eigenvalue weighted by molar-refractivity contribution is 6.32. The van der Waals surface area contributed by atoms with Crippen LogP contribution in [0.1, 0.15) is 13.8 Å². The third kappa shape index (κ3) is 3.03. The highest BCUT2D eigenvalue weighted by Gasteiger charge is 2.18. The lowest BCUT2D eigenvalue weighted by molar-refractivity contribution is -0.150. The molecule has 1 rings (SSSR count). The number of esters is 1. The first-order valence-corrected chi connectivity index (χ1v) is 5.31. The first kappa shape index (κ1) is 12.6. The largest absolute Gasteiger partial charge is 0.475 e. The van der Waals surface area contributed by atoms with Gasteiger partial charge in [-0.1, -0.05) is 17.7 Å². The molecule has 0 heterocycles. The van der Waals surface area contributed by atoms with Crippen LogP contribution in [0.5, 0.6) is 5.75 Å². The molecule has 0 aromatic heterocycles. The SMILES string of the molecule is CCOC(=O)C(C)Oc1c(N)cccc1Cl. The van der Waals surface area contributed by atoms with Gasteiger partial charge >= 0.3 is 5.97 Å². The Kier molecular flexibility index (Phi) is 4.43. The number of nitrogens with two attached hydrogens (primary N) is 1. The molecule has 1 aromatic rings. The number of carbonyl (C=O) groups is 1. The minimum atomic E-state index is -0.734. The van der Waals surface area contributed by atoms with Crippen LogP contribution in [0.4, 0.5) is 5.69 Å². The summed E-state index contributed by atoms with van der Waals surface area (Å²) in [6.45, 7) is 3.62. The molecule has 0 saturated heterocycles. The van der Waals surface area contributed by atoms with Crippen LogP contribution >= 0.6 is 11.6 Å². The second kappa shape index (κ2) is 5.61. The summed E-state index contributed by atoms with van der Waals surface area (Å²) in [4.78, 5) is 11.3. The van der Waals surface area contributed by atoms with E-state index in [9.17, 15) is 4.79 Å². The first-order valence-electron chi connectivity index (χ1n) is 4.93. The Labute approximate surface area is 99.3 Å². The lowest BCUT2D eigenvalue weighted by Crippen LogP contribution is -2.26. The second-order valence-corrected chi connectivity index (χ2v) is 3.58. The van der Waals surface area contributed by atoms with Crippen LogP contribution in [0.2, 0.25) is 5.02 Å². The molecular weight excluding hydrogens is 230 g/mol. The van der Waals surface area contributed by atoms with E-state index in [1.807, 2.05) is 0 Å².